The molecule has 1 unspecified atom stereocenters. The van der Waals surface area contributed by atoms with Gasteiger partial charge in [-0.05, 0) is 12.3 Å². The van der Waals surface area contributed by atoms with Crippen LogP contribution in [0.15, 0.2) is 30.5 Å². The van der Waals surface area contributed by atoms with Crippen molar-refractivity contribution in [3.05, 3.63) is 40.9 Å². The lowest BCUT2D eigenvalue weighted by atomic mass is 9.89. The molecule has 0 spiro atoms. The van der Waals surface area contributed by atoms with Crippen LogP contribution in [0, 0.1) is 12.3 Å². The van der Waals surface area contributed by atoms with E-state index in [0.717, 1.165) is 17.1 Å². The fraction of sp³-hybridized carbons (Fsp3) is 0.471. The van der Waals surface area contributed by atoms with Crippen molar-refractivity contribution in [2.24, 2.45) is 5.41 Å². The molecular weight excluding hydrogens is 280 g/mol. The van der Waals surface area contributed by atoms with Crippen LogP contribution in [0.3, 0.4) is 0 Å². The van der Waals surface area contributed by atoms with Crippen molar-refractivity contribution in [1.82, 2.24) is 10.3 Å². The summed E-state index contributed by atoms with van der Waals surface area (Å²) < 4.78 is 0. The summed E-state index contributed by atoms with van der Waals surface area (Å²) in [5.74, 6) is 0. The van der Waals surface area contributed by atoms with Gasteiger partial charge in [-0.25, -0.2) is 4.98 Å². The molecule has 0 saturated carbocycles. The summed E-state index contributed by atoms with van der Waals surface area (Å²) in [6.45, 7) is 9.56. The van der Waals surface area contributed by atoms with Crippen LogP contribution in [-0.2, 0) is 6.54 Å². The molecule has 1 aromatic carbocycles. The maximum absolute atomic E-state index is 10.00. The molecule has 0 saturated heterocycles. The SMILES string of the molecule is Cc1ccc(-c2ncc(CNCC(O)C(C)(C)C)s2)cc1. The van der Waals surface area contributed by atoms with Gasteiger partial charge in [0.05, 0.1) is 6.10 Å². The number of aryl methyl sites for hydroxylation is 1. The molecule has 4 heteroatoms. The lowest BCUT2D eigenvalue weighted by molar-refractivity contribution is 0.0628. The van der Waals surface area contributed by atoms with Gasteiger partial charge in [0.2, 0.25) is 0 Å². The molecule has 2 aromatic rings. The highest BCUT2D eigenvalue weighted by molar-refractivity contribution is 7.15. The summed E-state index contributed by atoms with van der Waals surface area (Å²) in [7, 11) is 0. The van der Waals surface area contributed by atoms with Gasteiger partial charge in [0.15, 0.2) is 0 Å². The van der Waals surface area contributed by atoms with Crippen molar-refractivity contribution in [3.8, 4) is 10.6 Å². The van der Waals surface area contributed by atoms with E-state index in [2.05, 4.69) is 41.5 Å². The van der Waals surface area contributed by atoms with Crippen molar-refractivity contribution in [3.63, 3.8) is 0 Å². The molecule has 1 heterocycles. The Morgan fingerprint density at radius 1 is 1.24 bits per heavy atom. The van der Waals surface area contributed by atoms with Crippen LogP contribution in [0.5, 0.6) is 0 Å². The van der Waals surface area contributed by atoms with Gasteiger partial charge in [-0.3, -0.25) is 0 Å². The smallest absolute Gasteiger partial charge is 0.123 e. The first-order valence-electron chi connectivity index (χ1n) is 7.27. The summed E-state index contributed by atoms with van der Waals surface area (Å²) in [5.41, 5.74) is 2.33. The van der Waals surface area contributed by atoms with E-state index in [1.54, 1.807) is 11.3 Å². The van der Waals surface area contributed by atoms with Gasteiger partial charge in [-0.15, -0.1) is 11.3 Å². The van der Waals surface area contributed by atoms with Crippen LogP contribution in [0.4, 0.5) is 0 Å². The highest BCUT2D eigenvalue weighted by Gasteiger charge is 2.21. The van der Waals surface area contributed by atoms with Crippen LogP contribution in [0.25, 0.3) is 10.6 Å². The number of rotatable bonds is 5. The lowest BCUT2D eigenvalue weighted by Gasteiger charge is -2.25. The summed E-state index contributed by atoms with van der Waals surface area (Å²) in [6, 6.07) is 8.42. The van der Waals surface area contributed by atoms with Crippen LogP contribution >= 0.6 is 11.3 Å². The molecule has 2 rings (SSSR count). The largest absolute Gasteiger partial charge is 0.391 e. The molecule has 1 atom stereocenters. The summed E-state index contributed by atoms with van der Waals surface area (Å²) in [5, 5.41) is 14.3. The van der Waals surface area contributed by atoms with Crippen LogP contribution in [0.2, 0.25) is 0 Å². The van der Waals surface area contributed by atoms with Crippen molar-refractivity contribution >= 4 is 11.3 Å². The number of hydrogen-bond acceptors (Lipinski definition) is 4. The molecule has 0 amide bonds. The van der Waals surface area contributed by atoms with Crippen LogP contribution in [-0.4, -0.2) is 22.7 Å². The lowest BCUT2D eigenvalue weighted by Crippen LogP contribution is -2.36. The monoisotopic (exact) mass is 304 g/mol. The summed E-state index contributed by atoms with van der Waals surface area (Å²) >= 11 is 1.70. The van der Waals surface area contributed by atoms with Crippen molar-refractivity contribution in [2.45, 2.75) is 40.3 Å². The maximum atomic E-state index is 10.00. The number of thiazole rings is 1. The van der Waals surface area contributed by atoms with Crippen LogP contribution in [0.1, 0.15) is 31.2 Å². The van der Waals surface area contributed by atoms with Crippen molar-refractivity contribution in [1.29, 1.82) is 0 Å². The first-order chi connectivity index (χ1) is 9.86. The third kappa shape index (κ3) is 4.63. The van der Waals surface area contributed by atoms with E-state index in [9.17, 15) is 5.11 Å². The Bertz CT molecular complexity index is 569. The van der Waals surface area contributed by atoms with Gasteiger partial charge in [0.1, 0.15) is 5.01 Å². The predicted molar refractivity (Wildman–Crippen MR) is 89.5 cm³/mol. The number of nitrogens with one attached hydrogen (secondary N) is 1. The second kappa shape index (κ2) is 6.69. The van der Waals surface area contributed by atoms with Gasteiger partial charge in [0.25, 0.3) is 0 Å². The quantitative estimate of drug-likeness (QED) is 0.887. The Balaban J connectivity index is 1.90. The predicted octanol–water partition coefficient (Wildman–Crippen LogP) is 3.62. The Labute approximate surface area is 131 Å². The van der Waals surface area contributed by atoms with Crippen molar-refractivity contribution in [2.75, 3.05) is 6.54 Å². The summed E-state index contributed by atoms with van der Waals surface area (Å²) in [4.78, 5) is 5.67. The number of aliphatic hydroxyl groups excluding tert-OH is 1. The molecule has 3 nitrogen and oxygen atoms in total. The van der Waals surface area contributed by atoms with E-state index in [1.165, 1.54) is 10.4 Å². The zero-order valence-electron chi connectivity index (χ0n) is 13.2. The van der Waals surface area contributed by atoms with E-state index in [-0.39, 0.29) is 11.5 Å². The first kappa shape index (κ1) is 16.1. The second-order valence-corrected chi connectivity index (χ2v) is 7.63. The average molecular weight is 304 g/mol. The average Bonchev–Trinajstić information content (AvgIpc) is 2.87. The second-order valence-electron chi connectivity index (χ2n) is 6.51. The third-order valence-electron chi connectivity index (χ3n) is 3.49. The Kier molecular flexibility index (Phi) is 5.14. The van der Waals surface area contributed by atoms with Gasteiger partial charge in [-0.2, -0.15) is 0 Å². The molecule has 114 valence electrons. The van der Waals surface area contributed by atoms with Gasteiger partial charge >= 0.3 is 0 Å². The Morgan fingerprint density at radius 2 is 1.90 bits per heavy atom. The summed E-state index contributed by atoms with van der Waals surface area (Å²) in [6.07, 6.45) is 1.57. The minimum Gasteiger partial charge on any atom is -0.391 e. The van der Waals surface area contributed by atoms with Gasteiger partial charge < -0.3 is 10.4 Å². The Morgan fingerprint density at radius 3 is 2.52 bits per heavy atom. The zero-order valence-corrected chi connectivity index (χ0v) is 14.0. The molecular formula is C17H24N2OS. The minimum absolute atomic E-state index is 0.0895. The zero-order chi connectivity index (χ0) is 15.5. The third-order valence-corrected chi connectivity index (χ3v) is 4.54. The Hall–Kier alpha value is -1.23. The molecule has 21 heavy (non-hydrogen) atoms. The molecule has 0 bridgehead atoms. The van der Waals surface area contributed by atoms with Crippen LogP contribution < -0.4 is 5.32 Å². The van der Waals surface area contributed by atoms with E-state index in [4.69, 9.17) is 0 Å². The fourth-order valence-corrected chi connectivity index (χ4v) is 2.74. The number of aromatic nitrogens is 1. The molecule has 0 radical (unpaired) electrons. The molecule has 0 aliphatic carbocycles. The van der Waals surface area contributed by atoms with Crippen molar-refractivity contribution < 1.29 is 5.11 Å². The maximum Gasteiger partial charge on any atom is 0.123 e. The normalized spacial score (nSPS) is 13.4. The highest BCUT2D eigenvalue weighted by Crippen LogP contribution is 2.25. The molecule has 0 aliphatic heterocycles. The highest BCUT2D eigenvalue weighted by atomic mass is 32.1. The number of aliphatic hydroxyl groups is 1. The molecule has 0 aliphatic rings. The molecule has 2 N–H and O–H groups in total. The standard InChI is InChI=1S/C17H24N2OS/c1-12-5-7-13(8-6-12)16-19-10-14(21-16)9-18-11-15(20)17(2,3)4/h5-8,10,15,18,20H,9,11H2,1-4H3. The topological polar surface area (TPSA) is 45.2 Å². The number of hydrogen-bond donors (Lipinski definition) is 2. The van der Waals surface area contributed by atoms with E-state index in [1.807, 2.05) is 27.0 Å². The van der Waals surface area contributed by atoms with E-state index < -0.39 is 0 Å². The number of nitrogens with zero attached hydrogens (tertiary/aromatic N) is 1. The van der Waals surface area contributed by atoms with E-state index in [0.29, 0.717) is 6.54 Å². The van der Waals surface area contributed by atoms with E-state index >= 15 is 0 Å². The fourth-order valence-electron chi connectivity index (χ4n) is 1.86. The molecule has 0 fully saturated rings. The molecule has 1 aromatic heterocycles. The van der Waals surface area contributed by atoms with Gasteiger partial charge in [0, 0.05) is 29.7 Å². The first-order valence-corrected chi connectivity index (χ1v) is 8.08. The number of benzene rings is 1. The van der Waals surface area contributed by atoms with Gasteiger partial charge in [-0.1, -0.05) is 50.6 Å². The minimum atomic E-state index is -0.345.